The Balaban J connectivity index is 1.50. The van der Waals surface area contributed by atoms with Crippen LogP contribution in [-0.4, -0.2) is 46.7 Å². The van der Waals surface area contributed by atoms with Crippen LogP contribution >= 0.6 is 0 Å². The number of nitrogens with zero attached hydrogens (tertiary/aromatic N) is 2. The average Bonchev–Trinajstić information content (AvgIpc) is 3.20. The minimum absolute atomic E-state index is 0.154. The van der Waals surface area contributed by atoms with Crippen molar-refractivity contribution in [2.75, 3.05) is 19.6 Å². The lowest BCUT2D eigenvalue weighted by atomic mass is 10.0. The van der Waals surface area contributed by atoms with E-state index in [0.29, 0.717) is 29.7 Å². The molecule has 1 fully saturated rings. The first kappa shape index (κ1) is 14.8. The van der Waals surface area contributed by atoms with Crippen LogP contribution < -0.4 is 5.32 Å². The van der Waals surface area contributed by atoms with E-state index < -0.39 is 0 Å². The second-order valence-corrected chi connectivity index (χ2v) is 5.78. The highest BCUT2D eigenvalue weighted by Gasteiger charge is 2.18. The Morgan fingerprint density at radius 1 is 1.55 bits per heavy atom. The second kappa shape index (κ2) is 6.79. The van der Waals surface area contributed by atoms with Gasteiger partial charge in [-0.05, 0) is 38.4 Å². The molecule has 1 atom stereocenters. The van der Waals surface area contributed by atoms with Gasteiger partial charge >= 0.3 is 0 Å². The number of piperidine rings is 1. The lowest BCUT2D eigenvalue weighted by molar-refractivity contribution is 0.0933. The highest BCUT2D eigenvalue weighted by molar-refractivity contribution is 5.93. The number of hydrogen-bond acceptors (Lipinski definition) is 4. The van der Waals surface area contributed by atoms with Crippen LogP contribution in [0, 0.1) is 0 Å². The van der Waals surface area contributed by atoms with Crippen molar-refractivity contribution in [3.8, 4) is 11.5 Å². The summed E-state index contributed by atoms with van der Waals surface area (Å²) < 4.78 is 5.28. The molecule has 1 aliphatic rings. The van der Waals surface area contributed by atoms with E-state index >= 15 is 0 Å². The van der Waals surface area contributed by atoms with Crippen molar-refractivity contribution in [2.24, 2.45) is 0 Å². The molecular weight excluding hydrogens is 280 g/mol. The first-order valence-electron chi connectivity index (χ1n) is 7.85. The van der Waals surface area contributed by atoms with E-state index in [1.807, 2.05) is 6.07 Å². The van der Waals surface area contributed by atoms with Gasteiger partial charge < -0.3 is 9.73 Å². The molecule has 0 saturated carbocycles. The summed E-state index contributed by atoms with van der Waals surface area (Å²) in [5.74, 6) is 0.521. The van der Waals surface area contributed by atoms with Gasteiger partial charge in [0.25, 0.3) is 5.91 Å². The number of likely N-dealkylation sites (tertiary alicyclic amines) is 1. The molecule has 2 aromatic rings. The first-order chi connectivity index (χ1) is 10.7. The summed E-state index contributed by atoms with van der Waals surface area (Å²) in [6.45, 7) is 4.92. The molecule has 6 heteroatoms. The Morgan fingerprint density at radius 2 is 2.45 bits per heavy atom. The molecule has 0 aromatic carbocycles. The number of nitrogens with one attached hydrogen (secondary N) is 2. The molecule has 0 aliphatic carbocycles. The molecule has 3 heterocycles. The van der Waals surface area contributed by atoms with Crippen LogP contribution in [0.3, 0.4) is 0 Å². The molecule has 3 rings (SSSR count). The Morgan fingerprint density at radius 3 is 3.23 bits per heavy atom. The van der Waals surface area contributed by atoms with Crippen LogP contribution in [-0.2, 0) is 0 Å². The first-order valence-corrected chi connectivity index (χ1v) is 7.85. The fourth-order valence-electron chi connectivity index (χ4n) is 2.89. The number of hydrogen-bond donors (Lipinski definition) is 2. The van der Waals surface area contributed by atoms with E-state index in [2.05, 4.69) is 27.3 Å². The molecule has 1 saturated heterocycles. The molecule has 0 bridgehead atoms. The lowest BCUT2D eigenvalue weighted by Crippen LogP contribution is -2.42. The summed E-state index contributed by atoms with van der Waals surface area (Å²) in [7, 11) is 0. The molecule has 0 radical (unpaired) electrons. The van der Waals surface area contributed by atoms with Crippen LogP contribution in [0.1, 0.15) is 36.7 Å². The summed E-state index contributed by atoms with van der Waals surface area (Å²) in [6, 6.07) is 5.95. The summed E-state index contributed by atoms with van der Waals surface area (Å²) >= 11 is 0. The largest absolute Gasteiger partial charge is 0.463 e. The number of aromatic nitrogens is 2. The Bertz CT molecular complexity index is 605. The molecule has 0 unspecified atom stereocenters. The molecular formula is C16H22N4O2. The predicted molar refractivity (Wildman–Crippen MR) is 83.5 cm³/mol. The van der Waals surface area contributed by atoms with Gasteiger partial charge in [0, 0.05) is 25.2 Å². The highest BCUT2D eigenvalue weighted by atomic mass is 16.3. The minimum Gasteiger partial charge on any atom is -0.463 e. The van der Waals surface area contributed by atoms with Crippen molar-refractivity contribution >= 4 is 5.91 Å². The zero-order valence-corrected chi connectivity index (χ0v) is 12.8. The van der Waals surface area contributed by atoms with E-state index in [1.54, 1.807) is 18.4 Å². The highest BCUT2D eigenvalue weighted by Crippen LogP contribution is 2.18. The van der Waals surface area contributed by atoms with Crippen molar-refractivity contribution in [3.63, 3.8) is 0 Å². The molecule has 1 aliphatic heterocycles. The number of H-pyrrole nitrogens is 1. The van der Waals surface area contributed by atoms with Crippen molar-refractivity contribution in [3.05, 3.63) is 30.2 Å². The van der Waals surface area contributed by atoms with Gasteiger partial charge in [0.15, 0.2) is 11.5 Å². The number of aromatic amines is 1. The third-order valence-electron chi connectivity index (χ3n) is 4.22. The summed E-state index contributed by atoms with van der Waals surface area (Å²) in [5, 5.41) is 9.79. The maximum Gasteiger partial charge on any atom is 0.271 e. The maximum absolute atomic E-state index is 12.1. The number of rotatable bonds is 5. The van der Waals surface area contributed by atoms with Crippen LogP contribution in [0.4, 0.5) is 0 Å². The van der Waals surface area contributed by atoms with Crippen molar-refractivity contribution in [1.29, 1.82) is 0 Å². The number of furan rings is 1. The number of amides is 1. The SMILES string of the molecule is C[C@H]1CCCCN1CCNC(=O)c1cc(-c2ccco2)[nH]n1. The van der Waals surface area contributed by atoms with Crippen LogP contribution in [0.25, 0.3) is 11.5 Å². The van der Waals surface area contributed by atoms with Crippen LogP contribution in [0.15, 0.2) is 28.9 Å². The third kappa shape index (κ3) is 3.39. The van der Waals surface area contributed by atoms with E-state index in [4.69, 9.17) is 4.42 Å². The Labute approximate surface area is 129 Å². The normalized spacial score (nSPS) is 19.2. The number of carbonyl (C=O) groups is 1. The fraction of sp³-hybridized carbons (Fsp3) is 0.500. The van der Waals surface area contributed by atoms with Gasteiger partial charge in [-0.15, -0.1) is 0 Å². The molecule has 2 aromatic heterocycles. The predicted octanol–water partition coefficient (Wildman–Crippen LogP) is 2.27. The quantitative estimate of drug-likeness (QED) is 0.888. The monoisotopic (exact) mass is 302 g/mol. The fourth-order valence-corrected chi connectivity index (χ4v) is 2.89. The molecule has 0 spiro atoms. The van der Waals surface area contributed by atoms with E-state index in [-0.39, 0.29) is 5.91 Å². The zero-order chi connectivity index (χ0) is 15.4. The molecule has 1 amide bonds. The van der Waals surface area contributed by atoms with Crippen molar-refractivity contribution in [2.45, 2.75) is 32.2 Å². The zero-order valence-electron chi connectivity index (χ0n) is 12.8. The summed E-state index contributed by atoms with van der Waals surface area (Å²) in [5.41, 5.74) is 1.10. The lowest BCUT2D eigenvalue weighted by Gasteiger charge is -2.33. The van der Waals surface area contributed by atoms with Crippen LogP contribution in [0.2, 0.25) is 0 Å². The summed E-state index contributed by atoms with van der Waals surface area (Å²) in [4.78, 5) is 14.5. The number of carbonyl (C=O) groups excluding carboxylic acids is 1. The third-order valence-corrected chi connectivity index (χ3v) is 4.22. The van der Waals surface area contributed by atoms with Gasteiger partial charge in [-0.2, -0.15) is 5.10 Å². The van der Waals surface area contributed by atoms with Crippen molar-refractivity contribution in [1.82, 2.24) is 20.4 Å². The molecule has 2 N–H and O–H groups in total. The minimum atomic E-state index is -0.154. The molecule has 6 nitrogen and oxygen atoms in total. The van der Waals surface area contributed by atoms with Crippen LogP contribution in [0.5, 0.6) is 0 Å². The summed E-state index contributed by atoms with van der Waals surface area (Å²) in [6.07, 6.45) is 5.41. The maximum atomic E-state index is 12.1. The van der Waals surface area contributed by atoms with Gasteiger partial charge in [0.05, 0.1) is 6.26 Å². The van der Waals surface area contributed by atoms with Gasteiger partial charge in [-0.3, -0.25) is 14.8 Å². The topological polar surface area (TPSA) is 74.2 Å². The van der Waals surface area contributed by atoms with E-state index in [0.717, 1.165) is 13.1 Å². The van der Waals surface area contributed by atoms with E-state index in [1.165, 1.54) is 19.3 Å². The van der Waals surface area contributed by atoms with Gasteiger partial charge in [-0.25, -0.2) is 0 Å². The Hall–Kier alpha value is -2.08. The Kier molecular flexibility index (Phi) is 4.58. The average molecular weight is 302 g/mol. The smallest absolute Gasteiger partial charge is 0.271 e. The van der Waals surface area contributed by atoms with Crippen molar-refractivity contribution < 1.29 is 9.21 Å². The van der Waals surface area contributed by atoms with E-state index in [9.17, 15) is 4.79 Å². The standard InChI is InChI=1S/C16H22N4O2/c1-12-5-2-3-8-20(12)9-7-17-16(21)14-11-13(18-19-14)15-6-4-10-22-15/h4,6,10-12H,2-3,5,7-9H2,1H3,(H,17,21)(H,18,19)/t12-/m0/s1. The molecule has 22 heavy (non-hydrogen) atoms. The second-order valence-electron chi connectivity index (χ2n) is 5.78. The van der Waals surface area contributed by atoms with Gasteiger partial charge in [-0.1, -0.05) is 6.42 Å². The van der Waals surface area contributed by atoms with Gasteiger partial charge in [0.1, 0.15) is 5.69 Å². The van der Waals surface area contributed by atoms with Gasteiger partial charge in [0.2, 0.25) is 0 Å². The molecule has 118 valence electrons.